The second-order valence-corrected chi connectivity index (χ2v) is 12.2. The maximum absolute atomic E-state index is 10.2. The number of aliphatic imine (C=N–C) groups is 1. The van der Waals surface area contributed by atoms with Gasteiger partial charge in [0.2, 0.25) is 0 Å². The van der Waals surface area contributed by atoms with Crippen LogP contribution in [0.5, 0.6) is 0 Å². The van der Waals surface area contributed by atoms with Gasteiger partial charge in [0, 0.05) is 0 Å². The molecule has 40 heavy (non-hydrogen) atoms. The highest BCUT2D eigenvalue weighted by Crippen LogP contribution is 2.43. The van der Waals surface area contributed by atoms with Gasteiger partial charge in [0.25, 0.3) is 0 Å². The van der Waals surface area contributed by atoms with Crippen LogP contribution in [0.15, 0.2) is 17.1 Å². The van der Waals surface area contributed by atoms with Crippen LogP contribution < -0.4 is 11.2 Å². The number of nitrogens with two attached hydrogens (primary N) is 1. The van der Waals surface area contributed by atoms with E-state index in [1.54, 1.807) is 0 Å². The normalized spacial score (nSPS) is 21.0. The number of nitriles is 1. The van der Waals surface area contributed by atoms with E-state index in [2.05, 4.69) is 23.4 Å². The van der Waals surface area contributed by atoms with Crippen LogP contribution in [0, 0.1) is 11.3 Å². The topological polar surface area (TPSA) is 127 Å². The molecular formula is C30H52N5O4P. The van der Waals surface area contributed by atoms with E-state index in [1.807, 2.05) is 16.8 Å². The molecule has 0 bridgehead atoms. The van der Waals surface area contributed by atoms with Crippen LogP contribution in [0.25, 0.3) is 0 Å². The summed E-state index contributed by atoms with van der Waals surface area (Å²) in [4.78, 5) is 14.4. The number of unbranched alkanes of at least 4 members (excludes halogenated alkanes) is 15. The number of rotatable bonds is 22. The average molecular weight is 578 g/mol. The summed E-state index contributed by atoms with van der Waals surface area (Å²) in [5, 5.41) is 9.83. The highest BCUT2D eigenvalue weighted by atomic mass is 31.2. The predicted octanol–water partition coefficient (Wildman–Crippen LogP) is 7.34. The number of aromatic nitrogens is 1. The van der Waals surface area contributed by atoms with Crippen molar-refractivity contribution >= 4 is 14.4 Å². The van der Waals surface area contributed by atoms with Gasteiger partial charge in [-0.2, -0.15) is 5.26 Å². The third-order valence-electron chi connectivity index (χ3n) is 7.97. The van der Waals surface area contributed by atoms with E-state index >= 15 is 0 Å². The molecule has 3 atom stereocenters. The number of amidine groups is 1. The molecule has 3 heterocycles. The molecule has 1 aromatic heterocycles. The Balaban J connectivity index is 1.16. The number of ether oxygens (including phenoxy) is 1. The Kier molecular flexibility index (Phi) is 15.3. The van der Waals surface area contributed by atoms with Crippen LogP contribution in [0.2, 0.25) is 0 Å². The summed E-state index contributed by atoms with van der Waals surface area (Å²) in [5.41, 5.74) is 9.73. The Morgan fingerprint density at radius 2 is 1.62 bits per heavy atom. The highest BCUT2D eigenvalue weighted by Gasteiger charge is 2.43. The maximum Gasteiger partial charge on any atom is 0.329 e. The molecule has 2 aliphatic rings. The van der Waals surface area contributed by atoms with Crippen molar-refractivity contribution in [1.29, 1.82) is 5.26 Å². The maximum atomic E-state index is 10.2. The second-order valence-electron chi connectivity index (χ2n) is 11.2. The summed E-state index contributed by atoms with van der Waals surface area (Å²) in [7, 11) is -2.03. The molecule has 226 valence electrons. The Hall–Kier alpha value is -1.69. The zero-order chi connectivity index (χ0) is 28.5. The molecule has 3 unspecified atom stereocenters. The SMILES string of the molecule is CCCCCCCCCCCCCCCCCCOP(O)OCC1(C#N)CCC(c2ccc3n2NCN=C3N)O1. The minimum absolute atomic E-state index is 0.0221. The lowest BCUT2D eigenvalue weighted by Crippen LogP contribution is -2.34. The molecule has 1 aromatic rings. The summed E-state index contributed by atoms with van der Waals surface area (Å²) in [6.45, 7) is 3.11. The van der Waals surface area contributed by atoms with Gasteiger partial charge in [-0.15, -0.1) is 0 Å². The molecule has 1 fully saturated rings. The summed E-state index contributed by atoms with van der Waals surface area (Å²) in [6.07, 6.45) is 22.0. The van der Waals surface area contributed by atoms with Crippen LogP contribution in [0.4, 0.5) is 0 Å². The van der Waals surface area contributed by atoms with Crippen LogP contribution in [0.1, 0.15) is 140 Å². The summed E-state index contributed by atoms with van der Waals surface area (Å²) < 4.78 is 19.0. The first-order valence-electron chi connectivity index (χ1n) is 15.7. The molecule has 0 spiro atoms. The largest absolute Gasteiger partial charge is 0.382 e. The van der Waals surface area contributed by atoms with Crippen molar-refractivity contribution in [2.45, 2.75) is 134 Å². The molecule has 9 nitrogen and oxygen atoms in total. The van der Waals surface area contributed by atoms with Gasteiger partial charge < -0.3 is 29.8 Å². The van der Waals surface area contributed by atoms with Gasteiger partial charge in [-0.25, -0.2) is 4.99 Å². The Morgan fingerprint density at radius 3 is 2.23 bits per heavy atom. The number of hydrogen-bond acceptors (Lipinski definition) is 8. The molecule has 2 aliphatic heterocycles. The Labute approximate surface area is 242 Å². The third-order valence-corrected chi connectivity index (χ3v) is 8.72. The first-order chi connectivity index (χ1) is 19.6. The van der Waals surface area contributed by atoms with Crippen LogP contribution >= 0.6 is 8.60 Å². The van der Waals surface area contributed by atoms with E-state index in [0.717, 1.165) is 24.2 Å². The predicted molar refractivity (Wildman–Crippen MR) is 161 cm³/mol. The molecule has 10 heteroatoms. The number of nitrogens with zero attached hydrogens (tertiary/aromatic N) is 3. The highest BCUT2D eigenvalue weighted by molar-refractivity contribution is 7.40. The van der Waals surface area contributed by atoms with Crippen LogP contribution in [-0.2, 0) is 13.8 Å². The van der Waals surface area contributed by atoms with Crippen molar-refractivity contribution in [2.24, 2.45) is 10.7 Å². The number of hydrogen-bond donors (Lipinski definition) is 3. The summed E-state index contributed by atoms with van der Waals surface area (Å²) in [5.74, 6) is 0.477. The minimum atomic E-state index is -2.03. The standard InChI is InChI=1S/C30H52N5O4P/c1-2-3-4-5-6-7-8-9-10-11-12-13-14-15-16-17-22-37-40(36)38-24-30(23-31)21-20-28(39-30)26-18-19-27-29(32)33-25-34-35(26)27/h18-19,28,34,36H,2-17,20-22,24-25H2,1H3,(H2,32,33). The van der Waals surface area contributed by atoms with E-state index in [0.29, 0.717) is 32.0 Å². The molecule has 0 radical (unpaired) electrons. The van der Waals surface area contributed by atoms with Gasteiger partial charge in [0.05, 0.1) is 18.9 Å². The van der Waals surface area contributed by atoms with Gasteiger partial charge in [-0.1, -0.05) is 103 Å². The summed E-state index contributed by atoms with van der Waals surface area (Å²) in [6, 6.07) is 6.09. The van der Waals surface area contributed by atoms with Gasteiger partial charge in [-0.05, 0) is 31.4 Å². The van der Waals surface area contributed by atoms with E-state index in [4.69, 9.17) is 19.5 Å². The van der Waals surface area contributed by atoms with E-state index in [-0.39, 0.29) is 12.7 Å². The van der Waals surface area contributed by atoms with Gasteiger partial charge >= 0.3 is 8.60 Å². The van der Waals surface area contributed by atoms with Crippen molar-refractivity contribution in [3.63, 3.8) is 0 Å². The van der Waals surface area contributed by atoms with Crippen molar-refractivity contribution in [3.05, 3.63) is 23.5 Å². The smallest absolute Gasteiger partial charge is 0.329 e. The monoisotopic (exact) mass is 577 g/mol. The van der Waals surface area contributed by atoms with Gasteiger partial charge in [0.15, 0.2) is 5.60 Å². The minimum Gasteiger partial charge on any atom is -0.382 e. The zero-order valence-electron chi connectivity index (χ0n) is 24.6. The lowest BCUT2D eigenvalue weighted by Gasteiger charge is -2.24. The summed E-state index contributed by atoms with van der Waals surface area (Å²) >= 11 is 0. The zero-order valence-corrected chi connectivity index (χ0v) is 25.5. The fourth-order valence-electron chi connectivity index (χ4n) is 5.53. The van der Waals surface area contributed by atoms with E-state index < -0.39 is 14.2 Å². The number of nitrogens with one attached hydrogen (secondary N) is 1. The van der Waals surface area contributed by atoms with Crippen molar-refractivity contribution in [1.82, 2.24) is 4.68 Å². The molecule has 0 aromatic carbocycles. The second kappa shape index (κ2) is 18.7. The Morgan fingerprint density at radius 1 is 1.02 bits per heavy atom. The van der Waals surface area contributed by atoms with Crippen molar-refractivity contribution < 1.29 is 18.7 Å². The molecule has 3 rings (SSSR count). The lowest BCUT2D eigenvalue weighted by atomic mass is 10.0. The van der Waals surface area contributed by atoms with Gasteiger partial charge in [-0.3, -0.25) is 4.68 Å². The molecule has 0 aliphatic carbocycles. The molecule has 1 saturated heterocycles. The molecule has 0 saturated carbocycles. The van der Waals surface area contributed by atoms with E-state index in [9.17, 15) is 10.2 Å². The quantitative estimate of drug-likeness (QED) is 0.0972. The first kappa shape index (κ1) is 32.8. The molecular weight excluding hydrogens is 525 g/mol. The molecule has 4 N–H and O–H groups in total. The van der Waals surface area contributed by atoms with Gasteiger partial charge in [0.1, 0.15) is 30.4 Å². The fraction of sp³-hybridized carbons (Fsp3) is 0.800. The van der Waals surface area contributed by atoms with Crippen molar-refractivity contribution in [3.8, 4) is 6.07 Å². The van der Waals surface area contributed by atoms with E-state index in [1.165, 1.54) is 89.9 Å². The first-order valence-corrected chi connectivity index (χ1v) is 16.8. The Bertz CT molecular complexity index is 920. The lowest BCUT2D eigenvalue weighted by molar-refractivity contribution is -0.0361. The molecule has 0 amide bonds. The fourth-order valence-corrected chi connectivity index (χ4v) is 6.20. The third kappa shape index (κ3) is 10.9. The number of fused-ring (bicyclic) bond motifs is 1. The van der Waals surface area contributed by atoms with Crippen LogP contribution in [0.3, 0.4) is 0 Å². The van der Waals surface area contributed by atoms with Crippen LogP contribution in [-0.4, -0.2) is 40.9 Å². The average Bonchev–Trinajstić information content (AvgIpc) is 3.59. The van der Waals surface area contributed by atoms with Crippen molar-refractivity contribution in [2.75, 3.05) is 25.3 Å².